The molecule has 0 aliphatic heterocycles. The highest BCUT2D eigenvalue weighted by molar-refractivity contribution is 5.64. The summed E-state index contributed by atoms with van der Waals surface area (Å²) in [4.78, 5) is 0. The van der Waals surface area contributed by atoms with Crippen LogP contribution in [0.15, 0.2) is 36.9 Å². The number of benzene rings is 1. The van der Waals surface area contributed by atoms with Gasteiger partial charge in [-0.15, -0.1) is 0 Å². The van der Waals surface area contributed by atoms with E-state index in [2.05, 4.69) is 44.7 Å². The van der Waals surface area contributed by atoms with Crippen LogP contribution in [-0.4, -0.2) is 0 Å². The standard InChI is InChI=1S/C12H16/c1-4-10(2)11(3)12-8-6-5-7-9-12/h5-10H,3-4H2,1-2H3. The van der Waals surface area contributed by atoms with E-state index >= 15 is 0 Å². The van der Waals surface area contributed by atoms with Crippen molar-refractivity contribution in [2.75, 3.05) is 0 Å². The molecule has 0 heterocycles. The lowest BCUT2D eigenvalue weighted by molar-refractivity contribution is 0.719. The molecule has 0 N–H and O–H groups in total. The first-order valence-electron chi connectivity index (χ1n) is 4.50. The fourth-order valence-corrected chi connectivity index (χ4v) is 1.18. The molecule has 1 atom stereocenters. The maximum absolute atomic E-state index is 4.10. The van der Waals surface area contributed by atoms with Gasteiger partial charge in [-0.05, 0) is 23.5 Å². The van der Waals surface area contributed by atoms with Gasteiger partial charge in [0.15, 0.2) is 0 Å². The number of allylic oxidation sites excluding steroid dienone is 1. The third kappa shape index (κ3) is 1.97. The highest BCUT2D eigenvalue weighted by Gasteiger charge is 2.04. The van der Waals surface area contributed by atoms with Gasteiger partial charge >= 0.3 is 0 Å². The van der Waals surface area contributed by atoms with Gasteiger partial charge in [0.1, 0.15) is 0 Å². The van der Waals surface area contributed by atoms with Gasteiger partial charge in [-0.25, -0.2) is 0 Å². The van der Waals surface area contributed by atoms with E-state index in [1.807, 2.05) is 6.07 Å². The number of hydrogen-bond donors (Lipinski definition) is 0. The summed E-state index contributed by atoms with van der Waals surface area (Å²) >= 11 is 0. The van der Waals surface area contributed by atoms with Crippen molar-refractivity contribution >= 4 is 5.57 Å². The van der Waals surface area contributed by atoms with Crippen molar-refractivity contribution in [3.8, 4) is 0 Å². The largest absolute Gasteiger partial charge is 0.0950 e. The van der Waals surface area contributed by atoms with Crippen molar-refractivity contribution in [2.45, 2.75) is 20.3 Å². The van der Waals surface area contributed by atoms with E-state index in [0.717, 1.165) is 6.42 Å². The number of rotatable bonds is 3. The van der Waals surface area contributed by atoms with Gasteiger partial charge in [0.05, 0.1) is 0 Å². The van der Waals surface area contributed by atoms with Gasteiger partial charge in [-0.3, -0.25) is 0 Å². The Labute approximate surface area is 74.9 Å². The predicted octanol–water partition coefficient (Wildman–Crippen LogP) is 3.75. The second-order valence-electron chi connectivity index (χ2n) is 3.20. The molecule has 1 aromatic carbocycles. The molecule has 0 saturated heterocycles. The molecule has 1 unspecified atom stereocenters. The van der Waals surface area contributed by atoms with E-state index in [1.165, 1.54) is 11.1 Å². The SMILES string of the molecule is C=C(c1ccccc1)C(C)CC. The Morgan fingerprint density at radius 1 is 1.33 bits per heavy atom. The zero-order valence-corrected chi connectivity index (χ0v) is 7.88. The molecule has 0 aromatic heterocycles. The molecular formula is C12H16. The van der Waals surface area contributed by atoms with E-state index in [-0.39, 0.29) is 0 Å². The Balaban J connectivity index is 2.79. The average molecular weight is 160 g/mol. The monoisotopic (exact) mass is 160 g/mol. The quantitative estimate of drug-likeness (QED) is 0.631. The van der Waals surface area contributed by atoms with E-state index in [9.17, 15) is 0 Å². The average Bonchev–Trinajstić information content (AvgIpc) is 2.17. The highest BCUT2D eigenvalue weighted by atomic mass is 14.1. The summed E-state index contributed by atoms with van der Waals surface area (Å²) in [7, 11) is 0. The first kappa shape index (κ1) is 9.05. The van der Waals surface area contributed by atoms with Crippen LogP contribution in [0.3, 0.4) is 0 Å². The molecule has 0 aliphatic carbocycles. The van der Waals surface area contributed by atoms with E-state index in [0.29, 0.717) is 5.92 Å². The molecule has 0 radical (unpaired) electrons. The molecule has 0 heteroatoms. The van der Waals surface area contributed by atoms with E-state index in [4.69, 9.17) is 0 Å². The van der Waals surface area contributed by atoms with Gasteiger partial charge in [-0.2, -0.15) is 0 Å². The van der Waals surface area contributed by atoms with Crippen molar-refractivity contribution in [1.29, 1.82) is 0 Å². The molecule has 0 saturated carbocycles. The normalized spacial score (nSPS) is 12.5. The minimum atomic E-state index is 0.590. The lowest BCUT2D eigenvalue weighted by Crippen LogP contribution is -1.94. The summed E-state index contributed by atoms with van der Waals surface area (Å²) < 4.78 is 0. The zero-order valence-electron chi connectivity index (χ0n) is 7.88. The van der Waals surface area contributed by atoms with Crippen LogP contribution in [0.25, 0.3) is 5.57 Å². The Morgan fingerprint density at radius 2 is 1.92 bits per heavy atom. The van der Waals surface area contributed by atoms with Crippen LogP contribution in [-0.2, 0) is 0 Å². The van der Waals surface area contributed by atoms with Crippen LogP contribution in [0, 0.1) is 5.92 Å². The van der Waals surface area contributed by atoms with Crippen LogP contribution in [0.5, 0.6) is 0 Å². The fraction of sp³-hybridized carbons (Fsp3) is 0.333. The molecule has 0 aliphatic rings. The lowest BCUT2D eigenvalue weighted by atomic mass is 9.94. The first-order chi connectivity index (χ1) is 5.75. The minimum Gasteiger partial charge on any atom is -0.0950 e. The summed E-state index contributed by atoms with van der Waals surface area (Å²) in [5, 5.41) is 0. The fourth-order valence-electron chi connectivity index (χ4n) is 1.18. The summed E-state index contributed by atoms with van der Waals surface area (Å²) in [6.07, 6.45) is 1.16. The summed E-state index contributed by atoms with van der Waals surface area (Å²) in [5.74, 6) is 0.590. The lowest BCUT2D eigenvalue weighted by Gasteiger charge is -2.11. The van der Waals surface area contributed by atoms with Crippen LogP contribution in [0.1, 0.15) is 25.8 Å². The maximum Gasteiger partial charge on any atom is -0.0193 e. The number of hydrogen-bond acceptors (Lipinski definition) is 0. The second-order valence-corrected chi connectivity index (χ2v) is 3.20. The van der Waals surface area contributed by atoms with Gasteiger partial charge in [0, 0.05) is 0 Å². The Hall–Kier alpha value is -1.04. The predicted molar refractivity (Wildman–Crippen MR) is 54.9 cm³/mol. The second kappa shape index (κ2) is 4.10. The summed E-state index contributed by atoms with van der Waals surface area (Å²) in [6, 6.07) is 10.4. The van der Waals surface area contributed by atoms with Crippen LogP contribution in [0.2, 0.25) is 0 Å². The maximum atomic E-state index is 4.10. The molecule has 64 valence electrons. The van der Waals surface area contributed by atoms with Crippen LogP contribution >= 0.6 is 0 Å². The summed E-state index contributed by atoms with van der Waals surface area (Å²) in [5.41, 5.74) is 2.52. The van der Waals surface area contributed by atoms with Crippen molar-refractivity contribution in [3.05, 3.63) is 42.5 Å². The third-order valence-electron chi connectivity index (χ3n) is 2.35. The highest BCUT2D eigenvalue weighted by Crippen LogP contribution is 2.22. The molecule has 1 aromatic rings. The Bertz CT molecular complexity index is 246. The molecule has 0 bridgehead atoms. The molecule has 0 nitrogen and oxygen atoms in total. The zero-order chi connectivity index (χ0) is 8.97. The van der Waals surface area contributed by atoms with Crippen LogP contribution < -0.4 is 0 Å². The summed E-state index contributed by atoms with van der Waals surface area (Å²) in [6.45, 7) is 8.51. The molecule has 0 amide bonds. The first-order valence-corrected chi connectivity index (χ1v) is 4.50. The smallest absolute Gasteiger partial charge is 0.0193 e. The van der Waals surface area contributed by atoms with Gasteiger partial charge in [0.2, 0.25) is 0 Å². The molecule has 12 heavy (non-hydrogen) atoms. The topological polar surface area (TPSA) is 0 Å². The van der Waals surface area contributed by atoms with Crippen LogP contribution in [0.4, 0.5) is 0 Å². The van der Waals surface area contributed by atoms with Crippen molar-refractivity contribution in [1.82, 2.24) is 0 Å². The Kier molecular flexibility index (Phi) is 3.09. The molecule has 0 fully saturated rings. The van der Waals surface area contributed by atoms with Crippen molar-refractivity contribution in [2.24, 2.45) is 5.92 Å². The van der Waals surface area contributed by atoms with Crippen molar-refractivity contribution < 1.29 is 0 Å². The minimum absolute atomic E-state index is 0.590. The molecule has 0 spiro atoms. The molecule has 1 rings (SSSR count). The van der Waals surface area contributed by atoms with Crippen molar-refractivity contribution in [3.63, 3.8) is 0 Å². The third-order valence-corrected chi connectivity index (χ3v) is 2.35. The van der Waals surface area contributed by atoms with E-state index in [1.54, 1.807) is 0 Å². The Morgan fingerprint density at radius 3 is 2.42 bits per heavy atom. The molecular weight excluding hydrogens is 144 g/mol. The van der Waals surface area contributed by atoms with E-state index < -0.39 is 0 Å². The van der Waals surface area contributed by atoms with Gasteiger partial charge < -0.3 is 0 Å². The van der Waals surface area contributed by atoms with Gasteiger partial charge in [0.25, 0.3) is 0 Å². The van der Waals surface area contributed by atoms with Gasteiger partial charge in [-0.1, -0.05) is 50.8 Å².